The van der Waals surface area contributed by atoms with E-state index in [1.807, 2.05) is 66.7 Å². The standard InChI is InChI=1S/C23H20Cl2N2O2/c24-14-21(28)26-19-10-6-17(7-11-19)23(16-4-2-1-3-5-16)18-8-12-20(13-9-18)27-22(29)15-25/h1-13,23H,14-15H2,(H,26,28)(H,27,29). The molecule has 0 aliphatic rings. The Labute approximate surface area is 179 Å². The number of rotatable bonds is 7. The van der Waals surface area contributed by atoms with E-state index in [1.165, 1.54) is 0 Å². The van der Waals surface area contributed by atoms with Gasteiger partial charge in [0.05, 0.1) is 0 Å². The lowest BCUT2D eigenvalue weighted by Gasteiger charge is -2.20. The van der Waals surface area contributed by atoms with Crippen LogP contribution < -0.4 is 10.6 Å². The molecule has 0 aliphatic heterocycles. The molecule has 0 radical (unpaired) electrons. The van der Waals surface area contributed by atoms with Crippen molar-refractivity contribution in [3.8, 4) is 0 Å². The largest absolute Gasteiger partial charge is 0.325 e. The van der Waals surface area contributed by atoms with Gasteiger partial charge in [-0.15, -0.1) is 23.2 Å². The Bertz CT molecular complexity index is 897. The molecule has 0 aromatic heterocycles. The smallest absolute Gasteiger partial charge is 0.239 e. The zero-order valence-electron chi connectivity index (χ0n) is 15.6. The van der Waals surface area contributed by atoms with E-state index in [2.05, 4.69) is 22.8 Å². The van der Waals surface area contributed by atoms with Gasteiger partial charge in [0, 0.05) is 17.3 Å². The second kappa shape index (κ2) is 10.1. The summed E-state index contributed by atoms with van der Waals surface area (Å²) >= 11 is 11.1. The number of carbonyl (C=O) groups excluding carboxylic acids is 2. The van der Waals surface area contributed by atoms with Crippen molar-refractivity contribution < 1.29 is 9.59 Å². The molecular formula is C23H20Cl2N2O2. The molecule has 0 saturated carbocycles. The summed E-state index contributed by atoms with van der Waals surface area (Å²) in [4.78, 5) is 23.0. The number of carbonyl (C=O) groups is 2. The topological polar surface area (TPSA) is 58.2 Å². The normalized spacial score (nSPS) is 10.6. The lowest BCUT2D eigenvalue weighted by molar-refractivity contribution is -0.114. The minimum absolute atomic E-state index is 0.00626. The second-order valence-corrected chi connectivity index (χ2v) is 6.99. The number of halogens is 2. The van der Waals surface area contributed by atoms with Crippen LogP contribution in [0.5, 0.6) is 0 Å². The highest BCUT2D eigenvalue weighted by Crippen LogP contribution is 2.33. The van der Waals surface area contributed by atoms with Crippen molar-refractivity contribution in [1.29, 1.82) is 0 Å². The molecule has 0 spiro atoms. The zero-order chi connectivity index (χ0) is 20.6. The number of alkyl halides is 2. The number of nitrogens with one attached hydrogen (secondary N) is 2. The Kier molecular flexibility index (Phi) is 7.28. The fourth-order valence-electron chi connectivity index (χ4n) is 3.13. The Morgan fingerprint density at radius 3 is 1.38 bits per heavy atom. The highest BCUT2D eigenvalue weighted by molar-refractivity contribution is 6.29. The first-order valence-electron chi connectivity index (χ1n) is 9.07. The molecule has 2 N–H and O–H groups in total. The molecule has 0 atom stereocenters. The van der Waals surface area contributed by atoms with Gasteiger partial charge in [0.25, 0.3) is 0 Å². The van der Waals surface area contributed by atoms with E-state index in [0.29, 0.717) is 11.4 Å². The summed E-state index contributed by atoms with van der Waals surface area (Å²) in [6.45, 7) is 0. The van der Waals surface area contributed by atoms with Crippen molar-refractivity contribution >= 4 is 46.4 Å². The van der Waals surface area contributed by atoms with Crippen LogP contribution in [-0.2, 0) is 9.59 Å². The SMILES string of the molecule is O=C(CCl)Nc1ccc(C(c2ccccc2)c2ccc(NC(=O)CCl)cc2)cc1. The number of hydrogen-bond donors (Lipinski definition) is 2. The molecule has 0 unspecified atom stereocenters. The maximum absolute atomic E-state index is 11.5. The van der Waals surface area contributed by atoms with Crippen LogP contribution in [0.3, 0.4) is 0 Å². The van der Waals surface area contributed by atoms with Gasteiger partial charge in [0.15, 0.2) is 0 Å². The molecule has 3 rings (SSSR count). The van der Waals surface area contributed by atoms with Crippen LogP contribution in [0.15, 0.2) is 78.9 Å². The van der Waals surface area contributed by atoms with Crippen LogP contribution in [0.2, 0.25) is 0 Å². The van der Waals surface area contributed by atoms with Crippen molar-refractivity contribution in [2.45, 2.75) is 5.92 Å². The molecule has 148 valence electrons. The Morgan fingerprint density at radius 2 is 1.00 bits per heavy atom. The Hall–Kier alpha value is -2.82. The van der Waals surface area contributed by atoms with Gasteiger partial charge in [-0.1, -0.05) is 54.6 Å². The predicted molar refractivity (Wildman–Crippen MR) is 119 cm³/mol. The molecule has 0 aliphatic carbocycles. The first-order chi connectivity index (χ1) is 14.1. The minimum Gasteiger partial charge on any atom is -0.325 e. The molecule has 0 fully saturated rings. The van der Waals surface area contributed by atoms with E-state index in [-0.39, 0.29) is 29.5 Å². The summed E-state index contributed by atoms with van der Waals surface area (Å²) in [7, 11) is 0. The third-order valence-electron chi connectivity index (χ3n) is 4.43. The van der Waals surface area contributed by atoms with Crippen LogP contribution >= 0.6 is 23.2 Å². The number of benzene rings is 3. The van der Waals surface area contributed by atoms with Gasteiger partial charge in [0.2, 0.25) is 11.8 Å². The van der Waals surface area contributed by atoms with Gasteiger partial charge in [0.1, 0.15) is 11.8 Å². The highest BCUT2D eigenvalue weighted by Gasteiger charge is 2.17. The average molecular weight is 427 g/mol. The molecule has 4 nitrogen and oxygen atoms in total. The van der Waals surface area contributed by atoms with Crippen molar-refractivity contribution in [1.82, 2.24) is 0 Å². The first kappa shape index (κ1) is 20.9. The molecule has 6 heteroatoms. The average Bonchev–Trinajstić information content (AvgIpc) is 2.77. The summed E-state index contributed by atoms with van der Waals surface area (Å²) < 4.78 is 0. The van der Waals surface area contributed by atoms with Crippen molar-refractivity contribution in [2.75, 3.05) is 22.4 Å². The van der Waals surface area contributed by atoms with Gasteiger partial charge in [-0.2, -0.15) is 0 Å². The molecule has 0 bridgehead atoms. The van der Waals surface area contributed by atoms with E-state index in [1.54, 1.807) is 0 Å². The number of amides is 2. The van der Waals surface area contributed by atoms with Crippen LogP contribution in [0.1, 0.15) is 22.6 Å². The van der Waals surface area contributed by atoms with E-state index < -0.39 is 0 Å². The van der Waals surface area contributed by atoms with E-state index >= 15 is 0 Å². The zero-order valence-corrected chi connectivity index (χ0v) is 17.1. The molecular weight excluding hydrogens is 407 g/mol. The van der Waals surface area contributed by atoms with E-state index in [0.717, 1.165) is 16.7 Å². The first-order valence-corrected chi connectivity index (χ1v) is 10.1. The van der Waals surface area contributed by atoms with Gasteiger partial charge in [-0.3, -0.25) is 9.59 Å². The quantitative estimate of drug-likeness (QED) is 0.401. The summed E-state index contributed by atoms with van der Waals surface area (Å²) in [5.74, 6) is -0.642. The van der Waals surface area contributed by atoms with Gasteiger partial charge < -0.3 is 10.6 Å². The number of hydrogen-bond acceptors (Lipinski definition) is 2. The van der Waals surface area contributed by atoms with Crippen molar-refractivity contribution in [3.63, 3.8) is 0 Å². The summed E-state index contributed by atoms with van der Waals surface area (Å²) in [5.41, 5.74) is 4.70. The van der Waals surface area contributed by atoms with E-state index in [9.17, 15) is 9.59 Å². The van der Waals surface area contributed by atoms with Crippen LogP contribution in [0.4, 0.5) is 11.4 Å². The Balaban J connectivity index is 1.92. The maximum Gasteiger partial charge on any atom is 0.239 e. The fourth-order valence-corrected chi connectivity index (χ4v) is 3.26. The number of anilines is 2. The molecule has 0 heterocycles. The molecule has 29 heavy (non-hydrogen) atoms. The minimum atomic E-state index is -0.242. The fraction of sp³-hybridized carbons (Fsp3) is 0.130. The molecule has 0 saturated heterocycles. The third kappa shape index (κ3) is 5.59. The summed E-state index contributed by atoms with van der Waals surface area (Å²) in [5, 5.41) is 5.49. The molecule has 3 aromatic rings. The summed E-state index contributed by atoms with van der Waals surface area (Å²) in [6.07, 6.45) is 0. The molecule has 3 aromatic carbocycles. The van der Waals surface area contributed by atoms with Crippen LogP contribution in [0.25, 0.3) is 0 Å². The van der Waals surface area contributed by atoms with Gasteiger partial charge in [-0.25, -0.2) is 0 Å². The Morgan fingerprint density at radius 1 is 0.621 bits per heavy atom. The van der Waals surface area contributed by atoms with Crippen molar-refractivity contribution in [2.24, 2.45) is 0 Å². The van der Waals surface area contributed by atoms with Gasteiger partial charge >= 0.3 is 0 Å². The highest BCUT2D eigenvalue weighted by atomic mass is 35.5. The maximum atomic E-state index is 11.5. The van der Waals surface area contributed by atoms with Crippen LogP contribution in [-0.4, -0.2) is 23.6 Å². The lowest BCUT2D eigenvalue weighted by Crippen LogP contribution is -2.13. The van der Waals surface area contributed by atoms with Crippen LogP contribution in [0, 0.1) is 0 Å². The molecule has 2 amide bonds. The third-order valence-corrected chi connectivity index (χ3v) is 4.92. The second-order valence-electron chi connectivity index (χ2n) is 6.45. The van der Waals surface area contributed by atoms with Gasteiger partial charge in [-0.05, 0) is 41.0 Å². The predicted octanol–water partition coefficient (Wildman–Crippen LogP) is 5.22. The van der Waals surface area contributed by atoms with Crippen molar-refractivity contribution in [3.05, 3.63) is 95.6 Å². The lowest BCUT2D eigenvalue weighted by atomic mass is 9.85. The van der Waals surface area contributed by atoms with E-state index in [4.69, 9.17) is 23.2 Å². The monoisotopic (exact) mass is 426 g/mol. The summed E-state index contributed by atoms with van der Waals surface area (Å²) in [6, 6.07) is 25.6.